The molecule has 0 saturated heterocycles. The van der Waals surface area contributed by atoms with Gasteiger partial charge in [-0.05, 0) is 32.5 Å². The zero-order valence-electron chi connectivity index (χ0n) is 11.5. The van der Waals surface area contributed by atoms with Crippen molar-refractivity contribution in [2.24, 2.45) is 0 Å². The highest BCUT2D eigenvalue weighted by atomic mass is 32.2. The maximum atomic E-state index is 9.18. The summed E-state index contributed by atoms with van der Waals surface area (Å²) in [6.07, 6.45) is 0. The molecule has 0 unspecified atom stereocenters. The Hall–Kier alpha value is -1.12. The molecule has 0 bridgehead atoms. The molecule has 0 aliphatic rings. The third-order valence-electron chi connectivity index (χ3n) is 3.07. The molecule has 0 saturated carbocycles. The van der Waals surface area contributed by atoms with Gasteiger partial charge < -0.3 is 4.90 Å². The maximum Gasteiger partial charge on any atom is 0.137 e. The highest BCUT2D eigenvalue weighted by Crippen LogP contribution is 2.22. The average molecular weight is 264 g/mol. The second kappa shape index (κ2) is 7.34. The molecule has 5 heteroatoms. The smallest absolute Gasteiger partial charge is 0.137 e. The Kier molecular flexibility index (Phi) is 6.10. The number of hydrogen-bond donors (Lipinski definition) is 0. The highest BCUT2D eigenvalue weighted by molar-refractivity contribution is 7.99. The Morgan fingerprint density at radius 3 is 2.44 bits per heavy atom. The predicted molar refractivity (Wildman–Crippen MR) is 74.7 cm³/mol. The summed E-state index contributed by atoms with van der Waals surface area (Å²) in [6.45, 7) is 11.2. The van der Waals surface area contributed by atoms with Gasteiger partial charge in [-0.15, -0.1) is 16.9 Å². The molecule has 0 N–H and O–H groups in total. The number of hydrogen-bond acceptors (Lipinski definition) is 5. The number of aromatic nitrogens is 2. The van der Waals surface area contributed by atoms with Crippen LogP contribution in [0, 0.1) is 25.2 Å². The fourth-order valence-corrected chi connectivity index (χ4v) is 2.62. The molecule has 98 valence electrons. The van der Waals surface area contributed by atoms with Crippen LogP contribution in [0.25, 0.3) is 0 Å². The van der Waals surface area contributed by atoms with E-state index in [0.29, 0.717) is 5.56 Å². The highest BCUT2D eigenvalue weighted by Gasteiger charge is 2.11. The van der Waals surface area contributed by atoms with Crippen LogP contribution in [0.2, 0.25) is 0 Å². The normalized spacial score (nSPS) is 10.7. The molecule has 0 amide bonds. The van der Waals surface area contributed by atoms with Crippen LogP contribution in [-0.4, -0.2) is 40.5 Å². The van der Waals surface area contributed by atoms with Crippen molar-refractivity contribution in [3.63, 3.8) is 0 Å². The Bertz CT molecular complexity index is 435. The zero-order chi connectivity index (χ0) is 13.5. The molecule has 0 fully saturated rings. The van der Waals surface area contributed by atoms with Crippen molar-refractivity contribution in [2.45, 2.75) is 32.7 Å². The number of thioether (sulfide) groups is 1. The largest absolute Gasteiger partial charge is 0.303 e. The number of nitrogens with zero attached hydrogens (tertiary/aromatic N) is 4. The molecule has 0 aliphatic heterocycles. The molecule has 1 rings (SSSR count). The Morgan fingerprint density at radius 1 is 1.22 bits per heavy atom. The molecule has 0 atom stereocenters. The van der Waals surface area contributed by atoms with Crippen LogP contribution in [0.1, 0.15) is 30.7 Å². The van der Waals surface area contributed by atoms with E-state index in [1.807, 2.05) is 13.8 Å². The molecule has 1 aromatic heterocycles. The molecular weight excluding hydrogens is 244 g/mol. The quantitative estimate of drug-likeness (QED) is 0.738. The third kappa shape index (κ3) is 3.69. The van der Waals surface area contributed by atoms with Gasteiger partial charge in [0.05, 0.1) is 11.3 Å². The van der Waals surface area contributed by atoms with Gasteiger partial charge in [-0.3, -0.25) is 0 Å². The summed E-state index contributed by atoms with van der Waals surface area (Å²) in [7, 11) is 0. The summed E-state index contributed by atoms with van der Waals surface area (Å²) in [6, 6.07) is 2.23. The van der Waals surface area contributed by atoms with Gasteiger partial charge in [0.15, 0.2) is 0 Å². The van der Waals surface area contributed by atoms with Crippen molar-refractivity contribution in [3.05, 3.63) is 16.8 Å². The van der Waals surface area contributed by atoms with E-state index in [0.717, 1.165) is 41.7 Å². The van der Waals surface area contributed by atoms with Crippen LogP contribution in [0.15, 0.2) is 5.03 Å². The van der Waals surface area contributed by atoms with Crippen molar-refractivity contribution < 1.29 is 0 Å². The van der Waals surface area contributed by atoms with Crippen molar-refractivity contribution in [2.75, 3.05) is 25.4 Å². The van der Waals surface area contributed by atoms with Crippen LogP contribution >= 0.6 is 11.8 Å². The molecule has 0 spiro atoms. The van der Waals surface area contributed by atoms with Crippen molar-refractivity contribution in [3.8, 4) is 6.07 Å². The van der Waals surface area contributed by atoms with Gasteiger partial charge in [0, 0.05) is 12.3 Å². The van der Waals surface area contributed by atoms with Crippen LogP contribution in [0.3, 0.4) is 0 Å². The number of nitriles is 1. The maximum absolute atomic E-state index is 9.18. The monoisotopic (exact) mass is 264 g/mol. The Morgan fingerprint density at radius 2 is 1.89 bits per heavy atom. The van der Waals surface area contributed by atoms with Gasteiger partial charge in [-0.25, -0.2) is 0 Å². The zero-order valence-corrected chi connectivity index (χ0v) is 12.3. The van der Waals surface area contributed by atoms with Crippen LogP contribution < -0.4 is 0 Å². The molecule has 18 heavy (non-hydrogen) atoms. The van der Waals surface area contributed by atoms with E-state index >= 15 is 0 Å². The van der Waals surface area contributed by atoms with Gasteiger partial charge >= 0.3 is 0 Å². The summed E-state index contributed by atoms with van der Waals surface area (Å²) in [5, 5.41) is 18.2. The Labute approximate surface area is 113 Å². The second-order valence-electron chi connectivity index (χ2n) is 4.08. The first-order valence-electron chi connectivity index (χ1n) is 6.23. The lowest BCUT2D eigenvalue weighted by Gasteiger charge is -2.17. The minimum absolute atomic E-state index is 0.673. The van der Waals surface area contributed by atoms with E-state index in [2.05, 4.69) is 35.0 Å². The van der Waals surface area contributed by atoms with Gasteiger partial charge in [0.25, 0.3) is 0 Å². The van der Waals surface area contributed by atoms with Gasteiger partial charge in [-0.2, -0.15) is 10.4 Å². The minimum atomic E-state index is 0.673. The fourth-order valence-electron chi connectivity index (χ4n) is 1.63. The SMILES string of the molecule is CCN(CC)CCSc1nnc(C)c(C)c1C#N. The first-order valence-corrected chi connectivity index (χ1v) is 7.21. The average Bonchev–Trinajstić information content (AvgIpc) is 2.39. The molecule has 0 aliphatic carbocycles. The lowest BCUT2D eigenvalue weighted by molar-refractivity contribution is 0.324. The standard InChI is InChI=1S/C13H20N4S/c1-5-17(6-2)7-8-18-13-12(9-14)10(3)11(4)15-16-13/h5-8H2,1-4H3. The molecule has 4 nitrogen and oxygen atoms in total. The summed E-state index contributed by atoms with van der Waals surface area (Å²) in [4.78, 5) is 2.35. The number of rotatable bonds is 6. The lowest BCUT2D eigenvalue weighted by Crippen LogP contribution is -2.25. The summed E-state index contributed by atoms with van der Waals surface area (Å²) in [5.74, 6) is 0.938. The second-order valence-corrected chi connectivity index (χ2v) is 5.16. The molecule has 1 aromatic rings. The minimum Gasteiger partial charge on any atom is -0.303 e. The van der Waals surface area contributed by atoms with E-state index < -0.39 is 0 Å². The lowest BCUT2D eigenvalue weighted by atomic mass is 10.1. The van der Waals surface area contributed by atoms with Crippen molar-refractivity contribution in [1.82, 2.24) is 15.1 Å². The molecule has 1 heterocycles. The van der Waals surface area contributed by atoms with E-state index in [1.54, 1.807) is 11.8 Å². The first-order chi connectivity index (χ1) is 8.63. The van der Waals surface area contributed by atoms with Crippen molar-refractivity contribution in [1.29, 1.82) is 5.26 Å². The van der Waals surface area contributed by atoms with Crippen LogP contribution in [0.5, 0.6) is 0 Å². The van der Waals surface area contributed by atoms with Gasteiger partial charge in [-0.1, -0.05) is 13.8 Å². The molecular formula is C13H20N4S. The third-order valence-corrected chi connectivity index (χ3v) is 4.02. The van der Waals surface area contributed by atoms with E-state index in [1.165, 1.54) is 0 Å². The fraction of sp³-hybridized carbons (Fsp3) is 0.615. The van der Waals surface area contributed by atoms with E-state index in [4.69, 9.17) is 0 Å². The van der Waals surface area contributed by atoms with Crippen molar-refractivity contribution >= 4 is 11.8 Å². The van der Waals surface area contributed by atoms with E-state index in [9.17, 15) is 5.26 Å². The van der Waals surface area contributed by atoms with Gasteiger partial charge in [0.2, 0.25) is 0 Å². The summed E-state index contributed by atoms with van der Waals surface area (Å²) < 4.78 is 0. The van der Waals surface area contributed by atoms with Gasteiger partial charge in [0.1, 0.15) is 11.1 Å². The Balaban J connectivity index is 2.69. The van der Waals surface area contributed by atoms with Crippen LogP contribution in [0.4, 0.5) is 0 Å². The summed E-state index contributed by atoms with van der Waals surface area (Å²) in [5.41, 5.74) is 2.45. The topological polar surface area (TPSA) is 52.8 Å². The first kappa shape index (κ1) is 14.9. The molecule has 0 aromatic carbocycles. The molecule has 0 radical (unpaired) electrons. The predicted octanol–water partition coefficient (Wildman–Crippen LogP) is 2.40. The summed E-state index contributed by atoms with van der Waals surface area (Å²) >= 11 is 1.62. The van der Waals surface area contributed by atoms with E-state index in [-0.39, 0.29) is 0 Å². The van der Waals surface area contributed by atoms with Crippen LogP contribution in [-0.2, 0) is 0 Å². The number of aryl methyl sites for hydroxylation is 1.